The lowest BCUT2D eigenvalue weighted by atomic mass is 9.97. The van der Waals surface area contributed by atoms with Crippen molar-refractivity contribution in [2.45, 2.75) is 0 Å². The standard InChI is InChI=1S/C38H27N/c1-4-10-28(11-5-1)30-16-18-32(19-17-30)34-24-25-38-36(26-34)37(27-39(38)35-14-8-3-9-15-35)33-22-20-31(21-23-33)29-12-6-2-7-13-29/h1-27H. The first kappa shape index (κ1) is 23.0. The Balaban J connectivity index is 1.33. The molecule has 6 aromatic carbocycles. The van der Waals surface area contributed by atoms with Gasteiger partial charge in [-0.25, -0.2) is 0 Å². The van der Waals surface area contributed by atoms with E-state index in [0.717, 1.165) is 5.69 Å². The predicted molar refractivity (Wildman–Crippen MR) is 165 cm³/mol. The Kier molecular flexibility index (Phi) is 5.88. The lowest BCUT2D eigenvalue weighted by Gasteiger charge is -2.08. The number of para-hydroxylation sites is 1. The molecule has 1 nitrogen and oxygen atoms in total. The van der Waals surface area contributed by atoms with Crippen LogP contribution in [0.1, 0.15) is 0 Å². The summed E-state index contributed by atoms with van der Waals surface area (Å²) in [5.74, 6) is 0. The molecule has 0 aliphatic rings. The molecule has 0 saturated carbocycles. The normalized spacial score (nSPS) is 11.1. The highest BCUT2D eigenvalue weighted by molar-refractivity contribution is 5.99. The molecule has 0 N–H and O–H groups in total. The van der Waals surface area contributed by atoms with E-state index in [1.165, 1.54) is 55.4 Å². The summed E-state index contributed by atoms with van der Waals surface area (Å²) in [6.45, 7) is 0. The third kappa shape index (κ3) is 4.45. The average molecular weight is 498 g/mol. The largest absolute Gasteiger partial charge is 0.316 e. The summed E-state index contributed by atoms with van der Waals surface area (Å²) in [4.78, 5) is 0. The van der Waals surface area contributed by atoms with Crippen molar-refractivity contribution in [3.8, 4) is 50.2 Å². The fraction of sp³-hybridized carbons (Fsp3) is 0. The summed E-state index contributed by atoms with van der Waals surface area (Å²) >= 11 is 0. The monoisotopic (exact) mass is 497 g/mol. The van der Waals surface area contributed by atoms with E-state index in [1.807, 2.05) is 0 Å². The van der Waals surface area contributed by atoms with Crippen LogP contribution in [0.5, 0.6) is 0 Å². The van der Waals surface area contributed by atoms with Gasteiger partial charge in [-0.3, -0.25) is 0 Å². The molecule has 1 heterocycles. The molecule has 0 saturated heterocycles. The van der Waals surface area contributed by atoms with Crippen molar-refractivity contribution in [2.24, 2.45) is 0 Å². The highest BCUT2D eigenvalue weighted by atomic mass is 15.0. The van der Waals surface area contributed by atoms with Gasteiger partial charge in [-0.05, 0) is 63.2 Å². The zero-order valence-corrected chi connectivity index (χ0v) is 21.5. The Bertz CT molecular complexity index is 1850. The van der Waals surface area contributed by atoms with Crippen LogP contribution in [0, 0.1) is 0 Å². The van der Waals surface area contributed by atoms with E-state index in [4.69, 9.17) is 0 Å². The second-order valence-electron chi connectivity index (χ2n) is 9.87. The summed E-state index contributed by atoms with van der Waals surface area (Å²) < 4.78 is 2.30. The van der Waals surface area contributed by atoms with Crippen LogP contribution >= 0.6 is 0 Å². The first-order chi connectivity index (χ1) is 19.3. The molecule has 7 aromatic rings. The molecule has 7 rings (SSSR count). The molecule has 1 aromatic heterocycles. The highest BCUT2D eigenvalue weighted by Gasteiger charge is 2.13. The summed E-state index contributed by atoms with van der Waals surface area (Å²) in [7, 11) is 0. The van der Waals surface area contributed by atoms with Crippen molar-refractivity contribution in [3.63, 3.8) is 0 Å². The average Bonchev–Trinajstić information content (AvgIpc) is 3.41. The van der Waals surface area contributed by atoms with Gasteiger partial charge in [0.2, 0.25) is 0 Å². The van der Waals surface area contributed by atoms with Gasteiger partial charge < -0.3 is 4.57 Å². The SMILES string of the molecule is c1ccc(-c2ccc(-c3ccc4c(c3)c(-c3ccc(-c5ccccc5)cc3)cn4-c3ccccc3)cc2)cc1. The van der Waals surface area contributed by atoms with E-state index in [9.17, 15) is 0 Å². The van der Waals surface area contributed by atoms with Gasteiger partial charge in [-0.2, -0.15) is 0 Å². The lowest BCUT2D eigenvalue weighted by Crippen LogP contribution is -1.90. The van der Waals surface area contributed by atoms with Gasteiger partial charge in [0, 0.05) is 22.8 Å². The minimum Gasteiger partial charge on any atom is -0.316 e. The molecule has 0 fully saturated rings. The molecule has 184 valence electrons. The van der Waals surface area contributed by atoms with E-state index in [1.54, 1.807) is 0 Å². The van der Waals surface area contributed by atoms with Crippen molar-refractivity contribution < 1.29 is 0 Å². The molecule has 0 unspecified atom stereocenters. The smallest absolute Gasteiger partial charge is 0.0535 e. The van der Waals surface area contributed by atoms with Crippen LogP contribution in [0.15, 0.2) is 164 Å². The van der Waals surface area contributed by atoms with Crippen LogP contribution in [-0.2, 0) is 0 Å². The molecule has 0 aliphatic carbocycles. The number of hydrogen-bond donors (Lipinski definition) is 0. The second-order valence-corrected chi connectivity index (χ2v) is 9.87. The Morgan fingerprint density at radius 1 is 0.333 bits per heavy atom. The maximum absolute atomic E-state index is 2.34. The van der Waals surface area contributed by atoms with Gasteiger partial charge in [0.1, 0.15) is 0 Å². The summed E-state index contributed by atoms with van der Waals surface area (Å²) in [6.07, 6.45) is 2.28. The van der Waals surface area contributed by atoms with Gasteiger partial charge in [-0.1, -0.05) is 133 Å². The summed E-state index contributed by atoms with van der Waals surface area (Å²) in [5.41, 5.74) is 12.2. The lowest BCUT2D eigenvalue weighted by molar-refractivity contribution is 1.13. The van der Waals surface area contributed by atoms with Gasteiger partial charge >= 0.3 is 0 Å². The van der Waals surface area contributed by atoms with E-state index in [0.29, 0.717) is 0 Å². The minimum absolute atomic E-state index is 1.16. The molecule has 0 amide bonds. The number of rotatable bonds is 5. The zero-order chi connectivity index (χ0) is 26.0. The van der Waals surface area contributed by atoms with Crippen LogP contribution in [0.25, 0.3) is 61.1 Å². The molecule has 0 bridgehead atoms. The van der Waals surface area contributed by atoms with Crippen molar-refractivity contribution in [1.82, 2.24) is 4.57 Å². The number of fused-ring (bicyclic) bond motifs is 1. The molecule has 0 atom stereocenters. The quantitative estimate of drug-likeness (QED) is 0.223. The zero-order valence-electron chi connectivity index (χ0n) is 21.5. The van der Waals surface area contributed by atoms with Crippen LogP contribution in [0.2, 0.25) is 0 Å². The second kappa shape index (κ2) is 9.96. The molecule has 0 spiro atoms. The van der Waals surface area contributed by atoms with Crippen LogP contribution < -0.4 is 0 Å². The van der Waals surface area contributed by atoms with Gasteiger partial charge in [0.25, 0.3) is 0 Å². The van der Waals surface area contributed by atoms with Gasteiger partial charge in [0.15, 0.2) is 0 Å². The first-order valence-electron chi connectivity index (χ1n) is 13.4. The number of hydrogen-bond acceptors (Lipinski definition) is 0. The molecule has 0 radical (unpaired) electrons. The Labute approximate surface area is 229 Å². The predicted octanol–water partition coefficient (Wildman–Crippen LogP) is 10.3. The molecule has 1 heteroatoms. The fourth-order valence-corrected chi connectivity index (χ4v) is 5.40. The summed E-state index contributed by atoms with van der Waals surface area (Å²) in [5, 5.41) is 1.25. The Morgan fingerprint density at radius 3 is 1.28 bits per heavy atom. The maximum Gasteiger partial charge on any atom is 0.0535 e. The summed E-state index contributed by atoms with van der Waals surface area (Å²) in [6, 6.07) is 56.3. The molecule has 39 heavy (non-hydrogen) atoms. The van der Waals surface area contributed by atoms with Gasteiger partial charge in [0.05, 0.1) is 5.52 Å². The van der Waals surface area contributed by atoms with Crippen LogP contribution in [-0.4, -0.2) is 4.57 Å². The fourth-order valence-electron chi connectivity index (χ4n) is 5.40. The van der Waals surface area contributed by atoms with E-state index in [-0.39, 0.29) is 0 Å². The molecule has 0 aliphatic heterocycles. The topological polar surface area (TPSA) is 4.93 Å². The highest BCUT2D eigenvalue weighted by Crippen LogP contribution is 2.36. The Morgan fingerprint density at radius 2 is 0.744 bits per heavy atom. The van der Waals surface area contributed by atoms with Gasteiger partial charge in [-0.15, -0.1) is 0 Å². The van der Waals surface area contributed by atoms with Crippen molar-refractivity contribution in [2.75, 3.05) is 0 Å². The van der Waals surface area contributed by atoms with Crippen LogP contribution in [0.4, 0.5) is 0 Å². The molecular weight excluding hydrogens is 470 g/mol. The van der Waals surface area contributed by atoms with E-state index < -0.39 is 0 Å². The van der Waals surface area contributed by atoms with Crippen molar-refractivity contribution >= 4 is 10.9 Å². The van der Waals surface area contributed by atoms with Crippen molar-refractivity contribution in [3.05, 3.63) is 164 Å². The van der Waals surface area contributed by atoms with E-state index in [2.05, 4.69) is 168 Å². The third-order valence-electron chi connectivity index (χ3n) is 7.47. The molecular formula is C38H27N. The van der Waals surface area contributed by atoms with E-state index >= 15 is 0 Å². The number of benzene rings is 6. The first-order valence-corrected chi connectivity index (χ1v) is 13.4. The number of aromatic nitrogens is 1. The third-order valence-corrected chi connectivity index (χ3v) is 7.47. The number of nitrogens with zero attached hydrogens (tertiary/aromatic N) is 1. The van der Waals surface area contributed by atoms with Crippen LogP contribution in [0.3, 0.4) is 0 Å². The maximum atomic E-state index is 2.34. The van der Waals surface area contributed by atoms with Crippen molar-refractivity contribution in [1.29, 1.82) is 0 Å². The minimum atomic E-state index is 1.16. The Hall–Kier alpha value is -5.14.